The van der Waals surface area contributed by atoms with E-state index in [9.17, 15) is 0 Å². The summed E-state index contributed by atoms with van der Waals surface area (Å²) < 4.78 is 5.78. The Bertz CT molecular complexity index is 628. The zero-order chi connectivity index (χ0) is 19.1. The molecule has 0 amide bonds. The van der Waals surface area contributed by atoms with Gasteiger partial charge in [-0.3, -0.25) is 4.99 Å². The molecule has 1 N–H and O–H groups in total. The maximum Gasteiger partial charge on any atom is 0.194 e. The zero-order valence-corrected chi connectivity index (χ0v) is 18.0. The first kappa shape index (κ1) is 20.6. The summed E-state index contributed by atoms with van der Waals surface area (Å²) in [6.45, 7) is 9.38. The van der Waals surface area contributed by atoms with Crippen LogP contribution in [0, 0.1) is 0 Å². The maximum absolute atomic E-state index is 6.37. The molecule has 0 bridgehead atoms. The van der Waals surface area contributed by atoms with Crippen LogP contribution < -0.4 is 10.2 Å². The van der Waals surface area contributed by atoms with Crippen molar-refractivity contribution in [2.45, 2.75) is 24.5 Å². The van der Waals surface area contributed by atoms with Crippen molar-refractivity contribution >= 4 is 35.0 Å². The van der Waals surface area contributed by atoms with Gasteiger partial charge in [-0.05, 0) is 38.2 Å². The van der Waals surface area contributed by atoms with Gasteiger partial charge >= 0.3 is 0 Å². The number of hydrogen-bond donors (Lipinski definition) is 1. The van der Waals surface area contributed by atoms with E-state index in [4.69, 9.17) is 21.3 Å². The SMILES string of the molecule is CCNC(=NCC1(SC)CCOCC1)N1CCN(c2ccccc2Cl)CC1. The standard InChI is InChI=1S/C20H31ClN4OS/c1-3-22-19(23-16-20(27-2)8-14-26-15-9-20)25-12-10-24(11-13-25)18-7-5-4-6-17(18)21/h4-7H,3,8-16H2,1-2H3,(H,22,23). The number of ether oxygens (including phenoxy) is 1. The van der Waals surface area contributed by atoms with Crippen LogP contribution in [0.3, 0.4) is 0 Å². The Hall–Kier alpha value is -1.11. The number of benzene rings is 1. The third-order valence-corrected chi connectivity index (χ3v) is 7.18. The van der Waals surface area contributed by atoms with Crippen LogP contribution in [0.5, 0.6) is 0 Å². The average molecular weight is 411 g/mol. The van der Waals surface area contributed by atoms with Crippen molar-refractivity contribution in [3.8, 4) is 0 Å². The first-order chi connectivity index (χ1) is 13.2. The van der Waals surface area contributed by atoms with Crippen molar-refractivity contribution in [1.29, 1.82) is 0 Å². The van der Waals surface area contributed by atoms with E-state index < -0.39 is 0 Å². The molecule has 0 saturated carbocycles. The Labute approximate surface area is 172 Å². The van der Waals surface area contributed by atoms with Gasteiger partial charge < -0.3 is 19.9 Å². The van der Waals surface area contributed by atoms with Crippen molar-refractivity contribution in [3.05, 3.63) is 29.3 Å². The van der Waals surface area contributed by atoms with Crippen molar-refractivity contribution in [3.63, 3.8) is 0 Å². The summed E-state index contributed by atoms with van der Waals surface area (Å²) in [6.07, 6.45) is 4.37. The van der Waals surface area contributed by atoms with Gasteiger partial charge in [-0.15, -0.1) is 0 Å². The highest BCUT2D eigenvalue weighted by molar-refractivity contribution is 8.00. The molecular formula is C20H31ClN4OS. The van der Waals surface area contributed by atoms with E-state index in [0.717, 1.165) is 82.0 Å². The van der Waals surface area contributed by atoms with Gasteiger partial charge in [-0.2, -0.15) is 11.8 Å². The normalized spacial score (nSPS) is 20.6. The topological polar surface area (TPSA) is 40.1 Å². The highest BCUT2D eigenvalue weighted by Gasteiger charge is 2.32. The second-order valence-electron chi connectivity index (χ2n) is 7.10. The number of hydrogen-bond acceptors (Lipinski definition) is 4. The number of thioether (sulfide) groups is 1. The lowest BCUT2D eigenvalue weighted by atomic mass is 9.99. The molecule has 2 aliphatic rings. The minimum absolute atomic E-state index is 0.221. The Kier molecular flexibility index (Phi) is 7.56. The van der Waals surface area contributed by atoms with Crippen LogP contribution in [0.1, 0.15) is 19.8 Å². The van der Waals surface area contributed by atoms with E-state index in [-0.39, 0.29) is 4.75 Å². The van der Waals surface area contributed by atoms with Crippen molar-refractivity contribution in [2.24, 2.45) is 4.99 Å². The van der Waals surface area contributed by atoms with Crippen molar-refractivity contribution in [2.75, 3.05) is 63.6 Å². The molecule has 0 spiro atoms. The third-order valence-electron chi connectivity index (χ3n) is 5.46. The van der Waals surface area contributed by atoms with E-state index in [1.54, 1.807) is 0 Å². The number of rotatable bonds is 5. The Morgan fingerprint density at radius 1 is 1.22 bits per heavy atom. The fourth-order valence-electron chi connectivity index (χ4n) is 3.68. The van der Waals surface area contributed by atoms with Crippen LogP contribution in [0.2, 0.25) is 5.02 Å². The third kappa shape index (κ3) is 5.24. The number of piperazine rings is 1. The Morgan fingerprint density at radius 3 is 2.56 bits per heavy atom. The molecule has 5 nitrogen and oxygen atoms in total. The quantitative estimate of drug-likeness (QED) is 0.595. The molecule has 0 atom stereocenters. The van der Waals surface area contributed by atoms with Crippen LogP contribution in [0.4, 0.5) is 5.69 Å². The minimum atomic E-state index is 0.221. The predicted octanol–water partition coefficient (Wildman–Crippen LogP) is 3.34. The molecular weight excluding hydrogens is 380 g/mol. The van der Waals surface area contributed by atoms with Gasteiger partial charge in [0.25, 0.3) is 0 Å². The number of aliphatic imine (C=N–C) groups is 1. The molecule has 2 aliphatic heterocycles. The van der Waals surface area contributed by atoms with E-state index in [0.29, 0.717) is 0 Å². The van der Waals surface area contributed by atoms with Gasteiger partial charge in [0.15, 0.2) is 5.96 Å². The maximum atomic E-state index is 6.37. The summed E-state index contributed by atoms with van der Waals surface area (Å²) in [7, 11) is 0. The lowest BCUT2D eigenvalue weighted by Gasteiger charge is -2.39. The van der Waals surface area contributed by atoms with Gasteiger partial charge in [-0.25, -0.2) is 0 Å². The monoisotopic (exact) mass is 410 g/mol. The highest BCUT2D eigenvalue weighted by Crippen LogP contribution is 2.34. The van der Waals surface area contributed by atoms with E-state index in [2.05, 4.69) is 40.4 Å². The first-order valence-electron chi connectivity index (χ1n) is 9.83. The molecule has 150 valence electrons. The van der Waals surface area contributed by atoms with Gasteiger partial charge in [0.2, 0.25) is 0 Å². The van der Waals surface area contributed by atoms with Gasteiger partial charge in [0, 0.05) is 50.7 Å². The summed E-state index contributed by atoms with van der Waals surface area (Å²) in [5.74, 6) is 1.04. The van der Waals surface area contributed by atoms with Crippen molar-refractivity contribution < 1.29 is 4.74 Å². The number of nitrogens with one attached hydrogen (secondary N) is 1. The van der Waals surface area contributed by atoms with Crippen LogP contribution in [0.15, 0.2) is 29.3 Å². The summed E-state index contributed by atoms with van der Waals surface area (Å²) in [4.78, 5) is 9.77. The summed E-state index contributed by atoms with van der Waals surface area (Å²) >= 11 is 8.31. The first-order valence-corrected chi connectivity index (χ1v) is 11.4. The molecule has 2 fully saturated rings. The fourth-order valence-corrected chi connectivity index (χ4v) is 4.71. The summed E-state index contributed by atoms with van der Waals surface area (Å²) in [5, 5.41) is 4.32. The number of halogens is 1. The molecule has 3 rings (SSSR count). The molecule has 1 aromatic rings. The molecule has 2 saturated heterocycles. The number of para-hydroxylation sites is 1. The predicted molar refractivity (Wildman–Crippen MR) is 118 cm³/mol. The van der Waals surface area contributed by atoms with Gasteiger partial charge in [0.1, 0.15) is 0 Å². The largest absolute Gasteiger partial charge is 0.381 e. The molecule has 1 aromatic carbocycles. The molecule has 0 radical (unpaired) electrons. The van der Waals surface area contributed by atoms with Gasteiger partial charge in [0.05, 0.1) is 17.3 Å². The number of nitrogens with zero attached hydrogens (tertiary/aromatic N) is 3. The number of guanidine groups is 1. The molecule has 27 heavy (non-hydrogen) atoms. The molecule has 0 aliphatic carbocycles. The van der Waals surface area contributed by atoms with E-state index in [1.165, 1.54) is 0 Å². The van der Waals surface area contributed by atoms with Crippen LogP contribution in [-0.4, -0.2) is 74.3 Å². The van der Waals surface area contributed by atoms with Crippen LogP contribution >= 0.6 is 23.4 Å². The smallest absolute Gasteiger partial charge is 0.194 e. The molecule has 0 unspecified atom stereocenters. The Balaban J connectivity index is 1.63. The zero-order valence-electron chi connectivity index (χ0n) is 16.4. The van der Waals surface area contributed by atoms with Gasteiger partial charge in [-0.1, -0.05) is 23.7 Å². The second-order valence-corrected chi connectivity index (χ2v) is 8.78. The fraction of sp³-hybridized carbons (Fsp3) is 0.650. The summed E-state index contributed by atoms with van der Waals surface area (Å²) in [6, 6.07) is 8.10. The highest BCUT2D eigenvalue weighted by atomic mass is 35.5. The molecule has 0 aromatic heterocycles. The van der Waals surface area contributed by atoms with E-state index in [1.807, 2.05) is 23.9 Å². The molecule has 2 heterocycles. The van der Waals surface area contributed by atoms with Crippen molar-refractivity contribution in [1.82, 2.24) is 10.2 Å². The number of anilines is 1. The summed E-state index contributed by atoms with van der Waals surface area (Å²) in [5.41, 5.74) is 1.13. The molecule has 7 heteroatoms. The van der Waals surface area contributed by atoms with E-state index >= 15 is 0 Å². The Morgan fingerprint density at radius 2 is 1.93 bits per heavy atom. The average Bonchev–Trinajstić information content (AvgIpc) is 2.72. The lowest BCUT2D eigenvalue weighted by Crippen LogP contribution is -2.53. The van der Waals surface area contributed by atoms with Crippen LogP contribution in [-0.2, 0) is 4.74 Å². The van der Waals surface area contributed by atoms with Crippen LogP contribution in [0.25, 0.3) is 0 Å². The second kappa shape index (κ2) is 9.89. The lowest BCUT2D eigenvalue weighted by molar-refractivity contribution is 0.0793. The minimum Gasteiger partial charge on any atom is -0.381 e.